The molecule has 1 heterocycles. The molecular formula is C39H27N. The zero-order chi connectivity index (χ0) is 26.6. The van der Waals surface area contributed by atoms with Gasteiger partial charge < -0.3 is 4.98 Å². The SMILES string of the molecule is CC1(C)C2=c3ccccc3=CC2=Cc2c(-c3ccc4c5ccccc5c5ccccc5c4c3)c3cc[nH]cc-3c21. The molecule has 0 spiro atoms. The number of H-pyrrole nitrogens is 1. The Morgan fingerprint density at radius 2 is 1.25 bits per heavy atom. The first-order chi connectivity index (χ1) is 19.6. The van der Waals surface area contributed by atoms with Gasteiger partial charge in [-0.1, -0.05) is 98.8 Å². The summed E-state index contributed by atoms with van der Waals surface area (Å²) >= 11 is 0. The molecule has 9 rings (SSSR count). The van der Waals surface area contributed by atoms with Gasteiger partial charge in [-0.2, -0.15) is 0 Å². The van der Waals surface area contributed by atoms with E-state index in [2.05, 4.69) is 140 Å². The molecule has 40 heavy (non-hydrogen) atoms. The highest BCUT2D eigenvalue weighted by Gasteiger charge is 2.40. The second-order valence-corrected chi connectivity index (χ2v) is 11.8. The van der Waals surface area contributed by atoms with Gasteiger partial charge in [0.2, 0.25) is 0 Å². The number of aromatic nitrogens is 1. The van der Waals surface area contributed by atoms with Crippen molar-refractivity contribution in [3.8, 4) is 22.3 Å². The summed E-state index contributed by atoms with van der Waals surface area (Å²) in [5.41, 5.74) is 10.7. The summed E-state index contributed by atoms with van der Waals surface area (Å²) in [5, 5.41) is 10.6. The van der Waals surface area contributed by atoms with Crippen LogP contribution in [-0.4, -0.2) is 4.98 Å². The van der Waals surface area contributed by atoms with E-state index in [4.69, 9.17) is 0 Å². The molecule has 0 atom stereocenters. The molecule has 5 aromatic rings. The maximum absolute atomic E-state index is 3.40. The fourth-order valence-corrected chi connectivity index (χ4v) is 7.80. The maximum Gasteiger partial charge on any atom is 0.0171 e. The second-order valence-electron chi connectivity index (χ2n) is 11.8. The molecule has 0 saturated carbocycles. The van der Waals surface area contributed by atoms with Gasteiger partial charge in [-0.25, -0.2) is 0 Å². The maximum atomic E-state index is 3.40. The molecule has 0 amide bonds. The lowest BCUT2D eigenvalue weighted by Crippen LogP contribution is -2.31. The van der Waals surface area contributed by atoms with Gasteiger partial charge in [0.15, 0.2) is 0 Å². The number of aromatic amines is 1. The molecule has 0 unspecified atom stereocenters. The Labute approximate surface area is 232 Å². The number of hydrogen-bond donors (Lipinski definition) is 1. The molecule has 1 heteroatoms. The van der Waals surface area contributed by atoms with Crippen molar-refractivity contribution in [2.45, 2.75) is 19.3 Å². The Kier molecular flexibility index (Phi) is 4.18. The Balaban J connectivity index is 1.40. The zero-order valence-corrected chi connectivity index (χ0v) is 22.5. The van der Waals surface area contributed by atoms with Crippen LogP contribution in [0.2, 0.25) is 0 Å². The third kappa shape index (κ3) is 2.72. The standard InChI is InChI=1S/C39H27N/c1-39(2)37-25(19-23-9-3-4-10-26(23)37)21-34-36(32-17-18-40-22-35(32)38(34)39)24-15-16-31-29-13-6-5-11-27(29)28-12-7-8-14-30(28)33(31)20-24/h3-22,40H,1-2H3. The smallest absolute Gasteiger partial charge is 0.0171 e. The van der Waals surface area contributed by atoms with Crippen molar-refractivity contribution in [2.75, 3.05) is 0 Å². The summed E-state index contributed by atoms with van der Waals surface area (Å²) in [6.07, 6.45) is 9.10. The van der Waals surface area contributed by atoms with Crippen LogP contribution in [-0.2, 0) is 5.41 Å². The van der Waals surface area contributed by atoms with Gasteiger partial charge >= 0.3 is 0 Å². The second kappa shape index (κ2) is 7.61. The lowest BCUT2D eigenvalue weighted by molar-refractivity contribution is 0.690. The van der Waals surface area contributed by atoms with Crippen molar-refractivity contribution in [1.82, 2.24) is 4.98 Å². The van der Waals surface area contributed by atoms with E-state index < -0.39 is 0 Å². The van der Waals surface area contributed by atoms with Crippen LogP contribution in [0.3, 0.4) is 0 Å². The van der Waals surface area contributed by atoms with Crippen LogP contribution >= 0.6 is 0 Å². The molecule has 0 radical (unpaired) electrons. The van der Waals surface area contributed by atoms with Crippen LogP contribution < -0.4 is 10.4 Å². The molecule has 1 aliphatic heterocycles. The molecule has 0 fully saturated rings. The average Bonchev–Trinajstić information content (AvgIpc) is 3.54. The van der Waals surface area contributed by atoms with Crippen LogP contribution in [0.25, 0.3) is 72.3 Å². The molecular weight excluding hydrogens is 482 g/mol. The highest BCUT2D eigenvalue weighted by Crippen LogP contribution is 2.55. The number of benzene rings is 5. The van der Waals surface area contributed by atoms with E-state index >= 15 is 0 Å². The number of hydrogen-bond acceptors (Lipinski definition) is 0. The Hall–Kier alpha value is -4.88. The Morgan fingerprint density at radius 3 is 2.00 bits per heavy atom. The largest absolute Gasteiger partial charge is 0.367 e. The summed E-state index contributed by atoms with van der Waals surface area (Å²) in [7, 11) is 0. The summed E-state index contributed by atoms with van der Waals surface area (Å²) in [4.78, 5) is 3.40. The summed E-state index contributed by atoms with van der Waals surface area (Å²) in [5.74, 6) is 0. The highest BCUT2D eigenvalue weighted by atomic mass is 14.6. The lowest BCUT2D eigenvalue weighted by atomic mass is 9.69. The van der Waals surface area contributed by atoms with E-state index in [1.165, 1.54) is 87.3 Å². The molecule has 1 N–H and O–H groups in total. The van der Waals surface area contributed by atoms with E-state index in [0.29, 0.717) is 0 Å². The summed E-state index contributed by atoms with van der Waals surface area (Å²) in [6, 6.07) is 35.9. The van der Waals surface area contributed by atoms with E-state index in [0.717, 1.165) is 0 Å². The van der Waals surface area contributed by atoms with Crippen molar-refractivity contribution in [3.63, 3.8) is 0 Å². The van der Waals surface area contributed by atoms with Crippen molar-refractivity contribution in [1.29, 1.82) is 0 Å². The van der Waals surface area contributed by atoms with E-state index in [1.54, 1.807) is 0 Å². The number of fused-ring (bicyclic) bond motifs is 11. The van der Waals surface area contributed by atoms with Gasteiger partial charge in [-0.3, -0.25) is 0 Å². The van der Waals surface area contributed by atoms with Crippen molar-refractivity contribution in [3.05, 3.63) is 137 Å². The molecule has 0 bridgehead atoms. The molecule has 5 aromatic carbocycles. The van der Waals surface area contributed by atoms with Crippen LogP contribution in [0, 0.1) is 0 Å². The first-order valence-electron chi connectivity index (χ1n) is 14.1. The molecule has 188 valence electrons. The summed E-state index contributed by atoms with van der Waals surface area (Å²) in [6.45, 7) is 4.81. The normalized spacial score (nSPS) is 15.2. The van der Waals surface area contributed by atoms with Gasteiger partial charge in [0.1, 0.15) is 0 Å². The van der Waals surface area contributed by atoms with Crippen LogP contribution in [0.5, 0.6) is 0 Å². The molecule has 0 aromatic heterocycles. The Morgan fingerprint density at radius 1 is 0.600 bits per heavy atom. The third-order valence-electron chi connectivity index (χ3n) is 9.35. The number of nitrogens with one attached hydrogen (secondary N) is 1. The molecule has 4 aliphatic rings. The van der Waals surface area contributed by atoms with Crippen LogP contribution in [0.15, 0.2) is 115 Å². The number of pyridine rings is 1. The van der Waals surface area contributed by atoms with Crippen molar-refractivity contribution >= 4 is 50.0 Å². The minimum Gasteiger partial charge on any atom is -0.367 e. The lowest BCUT2D eigenvalue weighted by Gasteiger charge is -2.33. The quantitative estimate of drug-likeness (QED) is 0.213. The van der Waals surface area contributed by atoms with Crippen molar-refractivity contribution < 1.29 is 0 Å². The van der Waals surface area contributed by atoms with E-state index in [1.807, 2.05) is 0 Å². The number of rotatable bonds is 1. The first-order valence-corrected chi connectivity index (χ1v) is 14.1. The molecule has 1 nitrogen and oxygen atoms in total. The zero-order valence-electron chi connectivity index (χ0n) is 22.5. The van der Waals surface area contributed by atoms with E-state index in [9.17, 15) is 0 Å². The average molecular weight is 510 g/mol. The minimum absolute atomic E-state index is 0.131. The van der Waals surface area contributed by atoms with Gasteiger partial charge in [0.25, 0.3) is 0 Å². The van der Waals surface area contributed by atoms with E-state index in [-0.39, 0.29) is 5.41 Å². The molecule has 3 aliphatic carbocycles. The predicted molar refractivity (Wildman–Crippen MR) is 170 cm³/mol. The van der Waals surface area contributed by atoms with Gasteiger partial charge in [0, 0.05) is 23.4 Å². The van der Waals surface area contributed by atoms with Gasteiger partial charge in [-0.15, -0.1) is 0 Å². The van der Waals surface area contributed by atoms with Crippen molar-refractivity contribution in [2.24, 2.45) is 0 Å². The number of allylic oxidation sites excluding steroid dienone is 1. The fourth-order valence-electron chi connectivity index (χ4n) is 7.80. The monoisotopic (exact) mass is 509 g/mol. The topological polar surface area (TPSA) is 15.8 Å². The van der Waals surface area contributed by atoms with Crippen LogP contribution in [0.4, 0.5) is 0 Å². The summed E-state index contributed by atoms with van der Waals surface area (Å²) < 4.78 is 0. The minimum atomic E-state index is -0.131. The van der Waals surface area contributed by atoms with Crippen LogP contribution in [0.1, 0.15) is 25.0 Å². The Bertz CT molecular complexity index is 2310. The predicted octanol–water partition coefficient (Wildman–Crippen LogP) is 8.57. The van der Waals surface area contributed by atoms with Gasteiger partial charge in [0.05, 0.1) is 0 Å². The fraction of sp³-hybridized carbons (Fsp3) is 0.0769. The highest BCUT2D eigenvalue weighted by molar-refractivity contribution is 6.26. The van der Waals surface area contributed by atoms with Gasteiger partial charge in [-0.05, 0) is 106 Å². The third-order valence-corrected chi connectivity index (χ3v) is 9.35. The first kappa shape index (κ1) is 22.0. The molecule has 0 saturated heterocycles.